The molecule has 21 heavy (non-hydrogen) atoms. The van der Waals surface area contributed by atoms with Crippen LogP contribution in [0.3, 0.4) is 0 Å². The molecule has 1 aromatic carbocycles. The van der Waals surface area contributed by atoms with Gasteiger partial charge in [0.05, 0.1) is 6.04 Å². The van der Waals surface area contributed by atoms with Crippen molar-refractivity contribution in [2.24, 2.45) is 7.05 Å². The number of hydrogen-bond acceptors (Lipinski definition) is 4. The summed E-state index contributed by atoms with van der Waals surface area (Å²) in [6.45, 7) is 6.24. The van der Waals surface area contributed by atoms with E-state index in [9.17, 15) is 0 Å². The van der Waals surface area contributed by atoms with Crippen molar-refractivity contribution >= 4 is 16.8 Å². The van der Waals surface area contributed by atoms with E-state index in [0.717, 1.165) is 28.5 Å². The van der Waals surface area contributed by atoms with Gasteiger partial charge >= 0.3 is 0 Å². The molecule has 0 saturated carbocycles. The number of aryl methyl sites for hydroxylation is 1. The lowest BCUT2D eigenvalue weighted by Crippen LogP contribution is -2.11. The number of nitrogens with zero attached hydrogens (tertiary/aromatic N) is 3. The largest absolute Gasteiger partial charge is 0.440 e. The molecule has 1 unspecified atom stereocenters. The first kappa shape index (κ1) is 13.7. The molecule has 2 heterocycles. The maximum absolute atomic E-state index is 5.73. The molecule has 3 rings (SSSR count). The van der Waals surface area contributed by atoms with Crippen LogP contribution in [0.5, 0.6) is 0 Å². The predicted molar refractivity (Wildman–Crippen MR) is 83.3 cm³/mol. The van der Waals surface area contributed by atoms with Crippen LogP contribution < -0.4 is 5.32 Å². The normalized spacial score (nSPS) is 13.0. The summed E-state index contributed by atoms with van der Waals surface area (Å²) < 4.78 is 7.74. The number of aromatic nitrogens is 3. The van der Waals surface area contributed by atoms with Crippen LogP contribution in [0.15, 0.2) is 35.0 Å². The van der Waals surface area contributed by atoms with Crippen molar-refractivity contribution in [3.05, 3.63) is 42.3 Å². The Hall–Kier alpha value is -2.30. The number of rotatable bonds is 4. The van der Waals surface area contributed by atoms with Crippen LogP contribution >= 0.6 is 0 Å². The summed E-state index contributed by atoms with van der Waals surface area (Å²) in [5.41, 5.74) is 2.73. The molecule has 3 aromatic rings. The molecular weight excluding hydrogens is 264 g/mol. The average Bonchev–Trinajstić information content (AvgIpc) is 3.04. The minimum atomic E-state index is 0.124. The highest BCUT2D eigenvalue weighted by Crippen LogP contribution is 2.25. The Kier molecular flexibility index (Phi) is 3.41. The van der Waals surface area contributed by atoms with Gasteiger partial charge in [0.15, 0.2) is 11.5 Å². The number of imidazole rings is 1. The molecule has 0 radical (unpaired) electrons. The third-order valence-electron chi connectivity index (χ3n) is 3.53. The summed E-state index contributed by atoms with van der Waals surface area (Å²) in [6.07, 6.45) is 3.76. The van der Waals surface area contributed by atoms with Gasteiger partial charge in [0, 0.05) is 31.0 Å². The highest BCUT2D eigenvalue weighted by atomic mass is 16.3. The number of fused-ring (bicyclic) bond motifs is 1. The van der Waals surface area contributed by atoms with Crippen LogP contribution in [0.4, 0.5) is 5.69 Å². The van der Waals surface area contributed by atoms with E-state index in [4.69, 9.17) is 4.42 Å². The van der Waals surface area contributed by atoms with Gasteiger partial charge in [-0.2, -0.15) is 0 Å². The molecule has 1 atom stereocenters. The van der Waals surface area contributed by atoms with E-state index >= 15 is 0 Å². The van der Waals surface area contributed by atoms with Gasteiger partial charge in [0.2, 0.25) is 0 Å². The SMILES string of the molecule is CC(C)c1nc2cc(NC(C)c3nccn3C)ccc2o1. The van der Waals surface area contributed by atoms with Gasteiger partial charge in [-0.15, -0.1) is 0 Å². The van der Waals surface area contributed by atoms with Gasteiger partial charge in [0.1, 0.15) is 11.3 Å². The van der Waals surface area contributed by atoms with Crippen LogP contribution in [-0.2, 0) is 7.05 Å². The molecule has 5 heteroatoms. The number of oxazole rings is 1. The van der Waals surface area contributed by atoms with Gasteiger partial charge < -0.3 is 14.3 Å². The Morgan fingerprint density at radius 1 is 1.24 bits per heavy atom. The van der Waals surface area contributed by atoms with Crippen molar-refractivity contribution in [1.82, 2.24) is 14.5 Å². The predicted octanol–water partition coefficient (Wildman–Crippen LogP) is 3.86. The molecule has 110 valence electrons. The van der Waals surface area contributed by atoms with E-state index in [1.54, 1.807) is 0 Å². The summed E-state index contributed by atoms with van der Waals surface area (Å²) in [5, 5.41) is 3.45. The molecule has 0 saturated heterocycles. The highest BCUT2D eigenvalue weighted by Gasteiger charge is 2.12. The lowest BCUT2D eigenvalue weighted by Gasteiger charge is -2.14. The van der Waals surface area contributed by atoms with Gasteiger partial charge in [-0.25, -0.2) is 9.97 Å². The van der Waals surface area contributed by atoms with Crippen LogP contribution in [0.2, 0.25) is 0 Å². The number of anilines is 1. The van der Waals surface area contributed by atoms with Crippen LogP contribution in [0.25, 0.3) is 11.1 Å². The second-order valence-electron chi connectivity index (χ2n) is 5.65. The van der Waals surface area contributed by atoms with Crippen molar-refractivity contribution in [3.63, 3.8) is 0 Å². The zero-order valence-corrected chi connectivity index (χ0v) is 12.8. The van der Waals surface area contributed by atoms with Gasteiger partial charge in [-0.3, -0.25) is 0 Å². The third-order valence-corrected chi connectivity index (χ3v) is 3.53. The van der Waals surface area contributed by atoms with Crippen LogP contribution in [-0.4, -0.2) is 14.5 Å². The van der Waals surface area contributed by atoms with Crippen molar-refractivity contribution in [2.45, 2.75) is 32.7 Å². The molecule has 2 aromatic heterocycles. The summed E-state index contributed by atoms with van der Waals surface area (Å²) in [6, 6.07) is 6.11. The quantitative estimate of drug-likeness (QED) is 0.790. The molecule has 0 aliphatic carbocycles. The molecule has 0 fully saturated rings. The molecule has 0 bridgehead atoms. The van der Waals surface area contributed by atoms with Crippen LogP contribution in [0, 0.1) is 0 Å². The minimum Gasteiger partial charge on any atom is -0.440 e. The van der Waals surface area contributed by atoms with E-state index in [1.165, 1.54) is 0 Å². The molecular formula is C16H20N4O. The Morgan fingerprint density at radius 2 is 2.05 bits per heavy atom. The average molecular weight is 284 g/mol. The van der Waals surface area contributed by atoms with Gasteiger partial charge in [0.25, 0.3) is 0 Å². The fourth-order valence-corrected chi connectivity index (χ4v) is 2.39. The lowest BCUT2D eigenvalue weighted by molar-refractivity contribution is 0.501. The fraction of sp³-hybridized carbons (Fsp3) is 0.375. The van der Waals surface area contributed by atoms with Crippen molar-refractivity contribution in [3.8, 4) is 0 Å². The molecule has 0 aliphatic heterocycles. The van der Waals surface area contributed by atoms with E-state index in [2.05, 4.69) is 36.1 Å². The van der Waals surface area contributed by atoms with Gasteiger partial charge in [-0.05, 0) is 25.1 Å². The number of hydrogen-bond donors (Lipinski definition) is 1. The van der Waals surface area contributed by atoms with E-state index in [1.807, 2.05) is 42.2 Å². The number of nitrogens with one attached hydrogen (secondary N) is 1. The molecule has 5 nitrogen and oxygen atoms in total. The topological polar surface area (TPSA) is 55.9 Å². The minimum absolute atomic E-state index is 0.124. The summed E-state index contributed by atoms with van der Waals surface area (Å²) >= 11 is 0. The lowest BCUT2D eigenvalue weighted by atomic mass is 10.2. The highest BCUT2D eigenvalue weighted by molar-refractivity contribution is 5.77. The molecule has 0 aliphatic rings. The maximum atomic E-state index is 5.73. The Labute approximate surface area is 124 Å². The second kappa shape index (κ2) is 5.24. The monoisotopic (exact) mass is 284 g/mol. The summed E-state index contributed by atoms with van der Waals surface area (Å²) in [5.74, 6) is 2.07. The fourth-order valence-electron chi connectivity index (χ4n) is 2.39. The standard InChI is InChI=1S/C16H20N4O/c1-10(2)16-19-13-9-12(5-6-14(13)21-16)18-11(3)15-17-7-8-20(15)4/h5-11,18H,1-4H3. The van der Waals surface area contributed by atoms with Crippen molar-refractivity contribution in [1.29, 1.82) is 0 Å². The number of benzene rings is 1. The maximum Gasteiger partial charge on any atom is 0.198 e. The first-order chi connectivity index (χ1) is 10.0. The van der Waals surface area contributed by atoms with Gasteiger partial charge in [-0.1, -0.05) is 13.8 Å². The van der Waals surface area contributed by atoms with E-state index < -0.39 is 0 Å². The van der Waals surface area contributed by atoms with E-state index in [0.29, 0.717) is 5.92 Å². The Balaban J connectivity index is 1.86. The van der Waals surface area contributed by atoms with E-state index in [-0.39, 0.29) is 6.04 Å². The van der Waals surface area contributed by atoms with Crippen LogP contribution in [0.1, 0.15) is 44.4 Å². The molecule has 0 spiro atoms. The van der Waals surface area contributed by atoms with Crippen molar-refractivity contribution < 1.29 is 4.42 Å². The first-order valence-corrected chi connectivity index (χ1v) is 7.19. The Bertz CT molecular complexity index is 757. The first-order valence-electron chi connectivity index (χ1n) is 7.19. The third kappa shape index (κ3) is 2.63. The second-order valence-corrected chi connectivity index (χ2v) is 5.65. The zero-order valence-electron chi connectivity index (χ0n) is 12.8. The summed E-state index contributed by atoms with van der Waals surface area (Å²) in [7, 11) is 2.00. The molecule has 0 amide bonds. The Morgan fingerprint density at radius 3 is 2.71 bits per heavy atom. The summed E-state index contributed by atoms with van der Waals surface area (Å²) in [4.78, 5) is 8.90. The smallest absolute Gasteiger partial charge is 0.198 e. The molecule has 1 N–H and O–H groups in total. The zero-order chi connectivity index (χ0) is 15.0. The van der Waals surface area contributed by atoms with Crippen molar-refractivity contribution in [2.75, 3.05) is 5.32 Å².